The first-order valence-corrected chi connectivity index (χ1v) is 9.13. The third-order valence-corrected chi connectivity index (χ3v) is 5.36. The summed E-state index contributed by atoms with van der Waals surface area (Å²) in [6.07, 6.45) is 4.32. The van der Waals surface area contributed by atoms with Crippen molar-refractivity contribution in [1.29, 1.82) is 0 Å². The number of hydrogen-bond acceptors (Lipinski definition) is 4. The molecule has 1 aromatic rings. The fraction of sp³-hybridized carbons (Fsp3) is 0.625. The van der Waals surface area contributed by atoms with Crippen LogP contribution < -0.4 is 5.32 Å². The molecule has 1 amide bonds. The Hall–Kier alpha value is -1.07. The number of hydrogen-bond donors (Lipinski definition) is 1. The van der Waals surface area contributed by atoms with Crippen LogP contribution in [0.5, 0.6) is 0 Å². The van der Waals surface area contributed by atoms with Gasteiger partial charge < -0.3 is 10.1 Å². The molecule has 1 aliphatic rings. The molecular formula is C16H22ClNO3S. The molecule has 0 bridgehead atoms. The number of nitrogens with one attached hydrogen (secondary N) is 1. The Morgan fingerprint density at radius 3 is 2.82 bits per heavy atom. The first kappa shape index (κ1) is 17.3. The summed E-state index contributed by atoms with van der Waals surface area (Å²) < 4.78 is 5.18. The Morgan fingerprint density at radius 1 is 1.41 bits per heavy atom. The number of anilines is 1. The molecule has 22 heavy (non-hydrogen) atoms. The average molecular weight is 344 g/mol. The minimum Gasteiger partial charge on any atom is -0.462 e. The van der Waals surface area contributed by atoms with E-state index in [1.54, 1.807) is 6.92 Å². The Kier molecular flexibility index (Phi) is 6.26. The number of rotatable bonds is 6. The molecule has 0 saturated heterocycles. The molecule has 2 rings (SSSR count). The van der Waals surface area contributed by atoms with Crippen molar-refractivity contribution in [2.75, 3.05) is 17.8 Å². The van der Waals surface area contributed by atoms with Crippen molar-refractivity contribution in [3.63, 3.8) is 0 Å². The van der Waals surface area contributed by atoms with Crippen molar-refractivity contribution in [3.8, 4) is 0 Å². The summed E-state index contributed by atoms with van der Waals surface area (Å²) in [6.45, 7) is 4.31. The lowest BCUT2D eigenvalue weighted by molar-refractivity contribution is -0.115. The van der Waals surface area contributed by atoms with Gasteiger partial charge in [-0.1, -0.05) is 13.3 Å². The summed E-state index contributed by atoms with van der Waals surface area (Å²) in [4.78, 5) is 25.3. The monoisotopic (exact) mass is 343 g/mol. The third-order valence-electron chi connectivity index (χ3n) is 4.00. The number of carbonyl (C=O) groups excluding carboxylic acids is 2. The quantitative estimate of drug-likeness (QED) is 0.627. The maximum Gasteiger partial charge on any atom is 0.341 e. The van der Waals surface area contributed by atoms with Gasteiger partial charge in [0.2, 0.25) is 5.91 Å². The van der Waals surface area contributed by atoms with E-state index < -0.39 is 0 Å². The zero-order valence-electron chi connectivity index (χ0n) is 13.0. The smallest absolute Gasteiger partial charge is 0.341 e. The second kappa shape index (κ2) is 7.97. The van der Waals surface area contributed by atoms with Gasteiger partial charge in [0.15, 0.2) is 0 Å². The third kappa shape index (κ3) is 3.82. The molecule has 1 aromatic heterocycles. The second-order valence-corrected chi connectivity index (χ2v) is 6.92. The van der Waals surface area contributed by atoms with Crippen molar-refractivity contribution >= 4 is 39.8 Å². The molecule has 1 atom stereocenters. The minimum atomic E-state index is -0.337. The van der Waals surface area contributed by atoms with Crippen molar-refractivity contribution in [3.05, 3.63) is 16.0 Å². The topological polar surface area (TPSA) is 55.4 Å². The molecule has 0 saturated carbocycles. The van der Waals surface area contributed by atoms with E-state index in [2.05, 4.69) is 12.2 Å². The summed E-state index contributed by atoms with van der Waals surface area (Å²) in [7, 11) is 0. The van der Waals surface area contributed by atoms with Crippen LogP contribution in [0.3, 0.4) is 0 Å². The zero-order chi connectivity index (χ0) is 16.1. The number of esters is 1. The number of halogens is 1. The van der Waals surface area contributed by atoms with Crippen LogP contribution >= 0.6 is 22.9 Å². The van der Waals surface area contributed by atoms with Crippen molar-refractivity contribution in [2.24, 2.45) is 5.92 Å². The van der Waals surface area contributed by atoms with Crippen LogP contribution in [-0.2, 0) is 22.4 Å². The largest absolute Gasteiger partial charge is 0.462 e. The number of fused-ring (bicyclic) bond motifs is 1. The van der Waals surface area contributed by atoms with Gasteiger partial charge >= 0.3 is 5.97 Å². The maximum atomic E-state index is 12.3. The van der Waals surface area contributed by atoms with Crippen molar-refractivity contribution < 1.29 is 14.3 Å². The molecule has 0 fully saturated rings. The van der Waals surface area contributed by atoms with Gasteiger partial charge in [0.25, 0.3) is 0 Å². The predicted molar refractivity (Wildman–Crippen MR) is 90.0 cm³/mol. The molecule has 0 radical (unpaired) electrons. The molecule has 0 spiro atoms. The van der Waals surface area contributed by atoms with E-state index in [0.717, 1.165) is 31.2 Å². The van der Waals surface area contributed by atoms with Gasteiger partial charge in [-0.3, -0.25) is 4.79 Å². The zero-order valence-corrected chi connectivity index (χ0v) is 14.6. The number of alkyl halides is 1. The molecule has 122 valence electrons. The summed E-state index contributed by atoms with van der Waals surface area (Å²) in [6, 6.07) is 0. The lowest BCUT2D eigenvalue weighted by Crippen LogP contribution is -2.17. The Morgan fingerprint density at radius 2 is 2.18 bits per heavy atom. The van der Waals surface area contributed by atoms with Crippen LogP contribution in [0, 0.1) is 5.92 Å². The maximum absolute atomic E-state index is 12.3. The summed E-state index contributed by atoms with van der Waals surface area (Å²) in [5.74, 6) is 0.429. The first-order valence-electron chi connectivity index (χ1n) is 7.78. The van der Waals surface area contributed by atoms with Gasteiger partial charge in [0.1, 0.15) is 5.00 Å². The molecule has 6 heteroatoms. The molecule has 0 aromatic carbocycles. The van der Waals surface area contributed by atoms with E-state index in [9.17, 15) is 9.59 Å². The predicted octanol–water partition coefficient (Wildman–Crippen LogP) is 4.01. The highest BCUT2D eigenvalue weighted by atomic mass is 35.5. The van der Waals surface area contributed by atoms with Gasteiger partial charge in [-0.25, -0.2) is 4.79 Å². The lowest BCUT2D eigenvalue weighted by Gasteiger charge is -2.20. The molecule has 1 heterocycles. The van der Waals surface area contributed by atoms with E-state index in [4.69, 9.17) is 16.3 Å². The van der Waals surface area contributed by atoms with E-state index >= 15 is 0 Å². The highest BCUT2D eigenvalue weighted by molar-refractivity contribution is 7.17. The Labute approximate surface area is 140 Å². The minimum absolute atomic E-state index is 0.161. The van der Waals surface area contributed by atoms with Gasteiger partial charge in [0.05, 0.1) is 12.2 Å². The van der Waals surface area contributed by atoms with E-state index in [1.807, 2.05) is 0 Å². The number of carbonyl (C=O) groups is 2. The van der Waals surface area contributed by atoms with Crippen molar-refractivity contribution in [1.82, 2.24) is 0 Å². The van der Waals surface area contributed by atoms with Gasteiger partial charge in [0, 0.05) is 17.2 Å². The molecule has 4 nitrogen and oxygen atoms in total. The van der Waals surface area contributed by atoms with Crippen LogP contribution in [0.4, 0.5) is 5.00 Å². The molecule has 1 N–H and O–H groups in total. The molecule has 1 aliphatic carbocycles. The fourth-order valence-electron chi connectivity index (χ4n) is 2.78. The summed E-state index contributed by atoms with van der Waals surface area (Å²) in [5.41, 5.74) is 1.62. The normalized spacial score (nSPS) is 17.0. The van der Waals surface area contributed by atoms with Crippen LogP contribution in [0.1, 0.15) is 53.9 Å². The fourth-order valence-corrected chi connectivity index (χ4v) is 4.32. The standard InChI is InChI=1S/C16H22ClNO3S/c1-3-10-5-6-11-12(9-10)22-15(18-13(19)7-8-17)14(11)16(20)21-4-2/h10H,3-9H2,1-2H3,(H,18,19). The lowest BCUT2D eigenvalue weighted by atomic mass is 9.85. The summed E-state index contributed by atoms with van der Waals surface area (Å²) >= 11 is 7.12. The SMILES string of the molecule is CCOC(=O)c1c(NC(=O)CCCl)sc2c1CCC(CC)C2. The van der Waals surface area contributed by atoms with Gasteiger partial charge in [-0.15, -0.1) is 22.9 Å². The van der Waals surface area contributed by atoms with E-state index in [1.165, 1.54) is 16.2 Å². The Bertz CT molecular complexity index is 556. The van der Waals surface area contributed by atoms with E-state index in [-0.39, 0.29) is 24.2 Å². The second-order valence-electron chi connectivity index (χ2n) is 5.43. The molecule has 0 aliphatic heterocycles. The van der Waals surface area contributed by atoms with Gasteiger partial charge in [-0.05, 0) is 37.7 Å². The van der Waals surface area contributed by atoms with Crippen LogP contribution in [0.2, 0.25) is 0 Å². The average Bonchev–Trinajstić information content (AvgIpc) is 2.84. The molecular weight excluding hydrogens is 322 g/mol. The van der Waals surface area contributed by atoms with Crippen LogP contribution in [-0.4, -0.2) is 24.4 Å². The van der Waals surface area contributed by atoms with Crippen molar-refractivity contribution in [2.45, 2.75) is 46.0 Å². The first-order chi connectivity index (χ1) is 10.6. The van der Waals surface area contributed by atoms with Gasteiger partial charge in [-0.2, -0.15) is 0 Å². The highest BCUT2D eigenvalue weighted by Crippen LogP contribution is 2.40. The molecule has 1 unspecified atom stereocenters. The summed E-state index contributed by atoms with van der Waals surface area (Å²) in [5, 5.41) is 3.46. The number of amides is 1. The van der Waals surface area contributed by atoms with E-state index in [0.29, 0.717) is 23.1 Å². The van der Waals surface area contributed by atoms with Crippen LogP contribution in [0.25, 0.3) is 0 Å². The highest BCUT2D eigenvalue weighted by Gasteiger charge is 2.29. The van der Waals surface area contributed by atoms with Crippen LogP contribution in [0.15, 0.2) is 0 Å². The number of ether oxygens (including phenoxy) is 1. The number of thiophene rings is 1. The Balaban J connectivity index is 2.32.